The van der Waals surface area contributed by atoms with Crippen LogP contribution < -0.4 is 0 Å². The summed E-state index contributed by atoms with van der Waals surface area (Å²) in [6.07, 6.45) is 0. The SMILES string of the molecule is CCOC(C)(CBr)c1ccccc1. The third-order valence-corrected chi connectivity index (χ3v) is 3.17. The van der Waals surface area contributed by atoms with Crippen molar-refractivity contribution in [3.63, 3.8) is 0 Å². The molecule has 1 nitrogen and oxygen atoms in total. The molecule has 0 saturated carbocycles. The molecule has 72 valence electrons. The molecule has 1 rings (SSSR count). The van der Waals surface area contributed by atoms with Gasteiger partial charge in [0.15, 0.2) is 0 Å². The van der Waals surface area contributed by atoms with Crippen LogP contribution in [0.1, 0.15) is 19.4 Å². The van der Waals surface area contributed by atoms with Crippen LogP contribution in [0.3, 0.4) is 0 Å². The number of hydrogen-bond donors (Lipinski definition) is 0. The van der Waals surface area contributed by atoms with Gasteiger partial charge in [0.1, 0.15) is 0 Å². The van der Waals surface area contributed by atoms with Crippen LogP contribution in [-0.4, -0.2) is 11.9 Å². The first-order valence-corrected chi connectivity index (χ1v) is 5.60. The van der Waals surface area contributed by atoms with Crippen molar-refractivity contribution in [3.05, 3.63) is 35.9 Å². The number of rotatable bonds is 4. The Balaban J connectivity index is 2.89. The minimum absolute atomic E-state index is 0.198. The molecule has 0 saturated heterocycles. The van der Waals surface area contributed by atoms with E-state index in [0.29, 0.717) is 0 Å². The van der Waals surface area contributed by atoms with Gasteiger partial charge >= 0.3 is 0 Å². The number of halogens is 1. The predicted octanol–water partition coefficient (Wildman–Crippen LogP) is 3.33. The Morgan fingerprint density at radius 2 is 1.92 bits per heavy atom. The highest BCUT2D eigenvalue weighted by Crippen LogP contribution is 2.26. The van der Waals surface area contributed by atoms with Gasteiger partial charge in [0.25, 0.3) is 0 Å². The molecule has 1 atom stereocenters. The molecule has 1 aromatic rings. The molecule has 0 fully saturated rings. The zero-order valence-electron chi connectivity index (χ0n) is 8.09. The lowest BCUT2D eigenvalue weighted by Gasteiger charge is -2.27. The van der Waals surface area contributed by atoms with Crippen molar-refractivity contribution in [2.75, 3.05) is 11.9 Å². The maximum absolute atomic E-state index is 5.72. The third kappa shape index (κ3) is 2.55. The first-order valence-electron chi connectivity index (χ1n) is 4.48. The van der Waals surface area contributed by atoms with Crippen LogP contribution >= 0.6 is 15.9 Å². The summed E-state index contributed by atoms with van der Waals surface area (Å²) in [5, 5.41) is 0.817. The summed E-state index contributed by atoms with van der Waals surface area (Å²) in [5.74, 6) is 0. The fourth-order valence-corrected chi connectivity index (χ4v) is 1.79. The summed E-state index contributed by atoms with van der Waals surface area (Å²) in [5.41, 5.74) is 1.02. The molecule has 1 aromatic carbocycles. The number of alkyl halides is 1. The Morgan fingerprint density at radius 1 is 1.31 bits per heavy atom. The van der Waals surface area contributed by atoms with Crippen molar-refractivity contribution in [2.45, 2.75) is 19.4 Å². The van der Waals surface area contributed by atoms with Gasteiger partial charge in [0.2, 0.25) is 0 Å². The lowest BCUT2D eigenvalue weighted by molar-refractivity contribution is -0.00892. The number of hydrogen-bond acceptors (Lipinski definition) is 1. The van der Waals surface area contributed by atoms with E-state index in [2.05, 4.69) is 35.0 Å². The van der Waals surface area contributed by atoms with Crippen molar-refractivity contribution in [3.8, 4) is 0 Å². The van der Waals surface area contributed by atoms with E-state index in [1.165, 1.54) is 5.56 Å². The Morgan fingerprint density at radius 3 is 2.38 bits per heavy atom. The van der Waals surface area contributed by atoms with Crippen LogP contribution in [0.15, 0.2) is 30.3 Å². The molecule has 2 heteroatoms. The molecule has 1 unspecified atom stereocenters. The highest BCUT2D eigenvalue weighted by atomic mass is 79.9. The summed E-state index contributed by atoms with van der Waals surface area (Å²) in [7, 11) is 0. The average Bonchev–Trinajstić information content (AvgIpc) is 2.19. The largest absolute Gasteiger partial charge is 0.370 e. The second-order valence-corrected chi connectivity index (χ2v) is 3.72. The molecule has 0 N–H and O–H groups in total. The molecule has 0 spiro atoms. The number of benzene rings is 1. The lowest BCUT2D eigenvalue weighted by atomic mass is 9.98. The summed E-state index contributed by atoms with van der Waals surface area (Å²) >= 11 is 3.48. The van der Waals surface area contributed by atoms with Crippen LogP contribution in [-0.2, 0) is 10.3 Å². The van der Waals surface area contributed by atoms with E-state index in [0.717, 1.165) is 11.9 Å². The maximum atomic E-state index is 5.72. The van der Waals surface area contributed by atoms with Gasteiger partial charge in [-0.15, -0.1) is 0 Å². The molecule has 0 amide bonds. The molecule has 0 bridgehead atoms. The normalized spacial score (nSPS) is 15.3. The monoisotopic (exact) mass is 242 g/mol. The molecule has 0 aliphatic carbocycles. The van der Waals surface area contributed by atoms with Gasteiger partial charge in [-0.3, -0.25) is 0 Å². The zero-order valence-corrected chi connectivity index (χ0v) is 9.67. The van der Waals surface area contributed by atoms with Gasteiger partial charge in [-0.2, -0.15) is 0 Å². The van der Waals surface area contributed by atoms with E-state index >= 15 is 0 Å². The van der Waals surface area contributed by atoms with E-state index in [4.69, 9.17) is 4.74 Å². The van der Waals surface area contributed by atoms with Crippen molar-refractivity contribution in [2.24, 2.45) is 0 Å². The standard InChI is InChI=1S/C11H15BrO/c1-3-13-11(2,9-12)10-7-5-4-6-8-10/h4-8H,3,9H2,1-2H3. The molecule has 0 radical (unpaired) electrons. The minimum atomic E-state index is -0.198. The molecule has 13 heavy (non-hydrogen) atoms. The van der Waals surface area contributed by atoms with Crippen LogP contribution in [0.25, 0.3) is 0 Å². The van der Waals surface area contributed by atoms with E-state index in [1.807, 2.05) is 25.1 Å². The lowest BCUT2D eigenvalue weighted by Crippen LogP contribution is -2.27. The Bertz CT molecular complexity index is 248. The number of ether oxygens (including phenoxy) is 1. The minimum Gasteiger partial charge on any atom is -0.370 e. The molecular formula is C11H15BrO. The summed E-state index contributed by atoms with van der Waals surface area (Å²) in [4.78, 5) is 0. The summed E-state index contributed by atoms with van der Waals surface area (Å²) in [6, 6.07) is 10.3. The van der Waals surface area contributed by atoms with Gasteiger partial charge in [-0.05, 0) is 19.4 Å². The second kappa shape index (κ2) is 4.77. The Labute approximate surface area is 88.2 Å². The van der Waals surface area contributed by atoms with Gasteiger partial charge in [-0.1, -0.05) is 46.3 Å². The quantitative estimate of drug-likeness (QED) is 0.737. The van der Waals surface area contributed by atoms with Crippen molar-refractivity contribution in [1.82, 2.24) is 0 Å². The second-order valence-electron chi connectivity index (χ2n) is 3.16. The van der Waals surface area contributed by atoms with Gasteiger partial charge in [0, 0.05) is 11.9 Å². The van der Waals surface area contributed by atoms with Gasteiger partial charge in [0.05, 0.1) is 5.60 Å². The smallest absolute Gasteiger partial charge is 0.0999 e. The first kappa shape index (κ1) is 10.7. The van der Waals surface area contributed by atoms with Crippen molar-refractivity contribution >= 4 is 15.9 Å². The Kier molecular flexibility index (Phi) is 3.94. The topological polar surface area (TPSA) is 9.23 Å². The van der Waals surface area contributed by atoms with Crippen LogP contribution in [0.2, 0.25) is 0 Å². The van der Waals surface area contributed by atoms with Gasteiger partial charge in [-0.25, -0.2) is 0 Å². The predicted molar refractivity (Wildman–Crippen MR) is 59.2 cm³/mol. The molecule has 0 aliphatic rings. The first-order chi connectivity index (χ1) is 6.23. The molecular weight excluding hydrogens is 228 g/mol. The van der Waals surface area contributed by atoms with Gasteiger partial charge < -0.3 is 4.74 Å². The van der Waals surface area contributed by atoms with E-state index in [-0.39, 0.29) is 5.60 Å². The Hall–Kier alpha value is -0.340. The fraction of sp³-hybridized carbons (Fsp3) is 0.455. The fourth-order valence-electron chi connectivity index (χ4n) is 1.31. The summed E-state index contributed by atoms with van der Waals surface area (Å²) in [6.45, 7) is 4.85. The third-order valence-electron chi connectivity index (χ3n) is 2.10. The van der Waals surface area contributed by atoms with Crippen LogP contribution in [0.5, 0.6) is 0 Å². The zero-order chi connectivity index (χ0) is 9.73. The van der Waals surface area contributed by atoms with E-state index in [1.54, 1.807) is 0 Å². The maximum Gasteiger partial charge on any atom is 0.0999 e. The highest BCUT2D eigenvalue weighted by molar-refractivity contribution is 9.09. The molecule has 0 aliphatic heterocycles. The molecule has 0 heterocycles. The van der Waals surface area contributed by atoms with E-state index in [9.17, 15) is 0 Å². The van der Waals surface area contributed by atoms with Crippen LogP contribution in [0.4, 0.5) is 0 Å². The van der Waals surface area contributed by atoms with Crippen LogP contribution in [0, 0.1) is 0 Å². The van der Waals surface area contributed by atoms with E-state index < -0.39 is 0 Å². The van der Waals surface area contributed by atoms with Crippen molar-refractivity contribution < 1.29 is 4.74 Å². The molecule has 0 aromatic heterocycles. The van der Waals surface area contributed by atoms with Crippen molar-refractivity contribution in [1.29, 1.82) is 0 Å². The average molecular weight is 243 g/mol. The highest BCUT2D eigenvalue weighted by Gasteiger charge is 2.24. The summed E-state index contributed by atoms with van der Waals surface area (Å²) < 4.78 is 5.72.